The summed E-state index contributed by atoms with van der Waals surface area (Å²) in [6.45, 7) is 6.99. The molecule has 6 heteroatoms. The van der Waals surface area contributed by atoms with Crippen LogP contribution in [0.15, 0.2) is 18.2 Å². The fraction of sp³-hybridized carbons (Fsp3) is 0.500. The van der Waals surface area contributed by atoms with Crippen LogP contribution < -0.4 is 10.1 Å². The maximum Gasteiger partial charge on any atom is 0.311 e. The summed E-state index contributed by atoms with van der Waals surface area (Å²) in [5.74, 6) is -1.41. The molecular weight excluding hydrogens is 289 g/mol. The van der Waals surface area contributed by atoms with Crippen molar-refractivity contribution >= 4 is 11.9 Å². The topological polar surface area (TPSA) is 64.6 Å². The zero-order valence-electron chi connectivity index (χ0n) is 13.5. The SMILES string of the molecule is COc1ccc(CC(=O)O[C@H](C)C(=O)NC(C)(C)C)cc1F. The molecule has 0 saturated heterocycles. The van der Waals surface area contributed by atoms with Gasteiger partial charge in [0.1, 0.15) is 0 Å². The van der Waals surface area contributed by atoms with Crippen molar-refractivity contribution in [3.63, 3.8) is 0 Å². The minimum absolute atomic E-state index is 0.107. The number of benzene rings is 1. The van der Waals surface area contributed by atoms with Gasteiger partial charge in [0, 0.05) is 5.54 Å². The Hall–Kier alpha value is -2.11. The summed E-state index contributed by atoms with van der Waals surface area (Å²) < 4.78 is 23.4. The molecule has 0 aliphatic rings. The van der Waals surface area contributed by atoms with Crippen molar-refractivity contribution in [2.75, 3.05) is 7.11 Å². The first-order valence-electron chi connectivity index (χ1n) is 6.96. The number of rotatable bonds is 5. The number of methoxy groups -OCH3 is 1. The molecule has 1 aromatic carbocycles. The van der Waals surface area contributed by atoms with Crippen molar-refractivity contribution in [2.45, 2.75) is 45.8 Å². The van der Waals surface area contributed by atoms with Gasteiger partial charge in [0.15, 0.2) is 17.7 Å². The number of ether oxygens (including phenoxy) is 2. The van der Waals surface area contributed by atoms with Gasteiger partial charge in [-0.3, -0.25) is 9.59 Å². The van der Waals surface area contributed by atoms with E-state index in [0.717, 1.165) is 0 Å². The van der Waals surface area contributed by atoms with Gasteiger partial charge in [-0.15, -0.1) is 0 Å². The van der Waals surface area contributed by atoms with Crippen LogP contribution in [0.4, 0.5) is 4.39 Å². The van der Waals surface area contributed by atoms with E-state index in [0.29, 0.717) is 5.56 Å². The first-order chi connectivity index (χ1) is 10.1. The normalized spacial score (nSPS) is 12.5. The standard InChI is InChI=1S/C16H22FNO4/c1-10(15(20)18-16(2,3)4)22-14(19)9-11-6-7-13(21-5)12(17)8-11/h6-8,10H,9H2,1-5H3,(H,18,20)/t10-/m1/s1. The number of hydrogen-bond acceptors (Lipinski definition) is 4. The second-order valence-corrected chi connectivity index (χ2v) is 6.02. The quantitative estimate of drug-likeness (QED) is 0.847. The van der Waals surface area contributed by atoms with E-state index in [-0.39, 0.29) is 18.1 Å². The van der Waals surface area contributed by atoms with Crippen LogP contribution in [0.25, 0.3) is 0 Å². The fourth-order valence-electron chi connectivity index (χ4n) is 1.75. The molecule has 122 valence electrons. The number of carbonyl (C=O) groups is 2. The summed E-state index contributed by atoms with van der Waals surface area (Å²) in [6.07, 6.45) is -1.02. The first kappa shape index (κ1) is 17.9. The molecule has 1 N–H and O–H groups in total. The number of amides is 1. The molecule has 0 aromatic heterocycles. The number of halogens is 1. The van der Waals surface area contributed by atoms with E-state index >= 15 is 0 Å². The summed E-state index contributed by atoms with van der Waals surface area (Å²) >= 11 is 0. The smallest absolute Gasteiger partial charge is 0.311 e. The number of nitrogens with one attached hydrogen (secondary N) is 1. The molecule has 0 radical (unpaired) electrons. The van der Waals surface area contributed by atoms with Gasteiger partial charge >= 0.3 is 5.97 Å². The lowest BCUT2D eigenvalue weighted by molar-refractivity contribution is -0.154. The van der Waals surface area contributed by atoms with E-state index < -0.39 is 23.4 Å². The van der Waals surface area contributed by atoms with Gasteiger partial charge in [-0.05, 0) is 45.4 Å². The largest absolute Gasteiger partial charge is 0.494 e. The van der Waals surface area contributed by atoms with Gasteiger partial charge in [-0.25, -0.2) is 4.39 Å². The van der Waals surface area contributed by atoms with Crippen molar-refractivity contribution in [1.29, 1.82) is 0 Å². The molecule has 0 heterocycles. The Morgan fingerprint density at radius 1 is 1.32 bits per heavy atom. The van der Waals surface area contributed by atoms with Crippen LogP contribution in [0, 0.1) is 5.82 Å². The van der Waals surface area contributed by atoms with E-state index in [1.54, 1.807) is 6.07 Å². The van der Waals surface area contributed by atoms with E-state index in [4.69, 9.17) is 9.47 Å². The minimum atomic E-state index is -0.908. The number of hydrogen-bond donors (Lipinski definition) is 1. The lowest BCUT2D eigenvalue weighted by Crippen LogP contribution is -2.46. The highest BCUT2D eigenvalue weighted by atomic mass is 19.1. The Morgan fingerprint density at radius 2 is 1.95 bits per heavy atom. The van der Waals surface area contributed by atoms with Gasteiger partial charge < -0.3 is 14.8 Å². The molecule has 1 atom stereocenters. The Balaban J connectivity index is 2.59. The van der Waals surface area contributed by atoms with Crippen LogP contribution in [0.3, 0.4) is 0 Å². The molecule has 5 nitrogen and oxygen atoms in total. The fourth-order valence-corrected chi connectivity index (χ4v) is 1.75. The zero-order valence-corrected chi connectivity index (χ0v) is 13.5. The van der Waals surface area contributed by atoms with Gasteiger partial charge in [0.25, 0.3) is 5.91 Å². The maximum absolute atomic E-state index is 13.5. The van der Waals surface area contributed by atoms with Crippen LogP contribution in [-0.4, -0.2) is 30.6 Å². The summed E-state index contributed by atoms with van der Waals surface area (Å²) in [5, 5.41) is 2.72. The Labute approximate surface area is 129 Å². The third kappa shape index (κ3) is 5.71. The Bertz CT molecular complexity index is 552. The zero-order chi connectivity index (χ0) is 16.9. The molecule has 1 aromatic rings. The highest BCUT2D eigenvalue weighted by Crippen LogP contribution is 2.18. The van der Waals surface area contributed by atoms with Gasteiger partial charge in [0.2, 0.25) is 0 Å². The molecule has 0 aliphatic heterocycles. The first-order valence-corrected chi connectivity index (χ1v) is 6.96. The average molecular weight is 311 g/mol. The predicted molar refractivity (Wildman–Crippen MR) is 80.1 cm³/mol. The third-order valence-electron chi connectivity index (χ3n) is 2.74. The highest BCUT2D eigenvalue weighted by Gasteiger charge is 2.22. The second kappa shape index (κ2) is 7.24. The Kier molecular flexibility index (Phi) is 5.91. The minimum Gasteiger partial charge on any atom is -0.494 e. The lowest BCUT2D eigenvalue weighted by atomic mass is 10.1. The second-order valence-electron chi connectivity index (χ2n) is 6.02. The lowest BCUT2D eigenvalue weighted by Gasteiger charge is -2.23. The molecule has 0 aliphatic carbocycles. The van der Waals surface area contributed by atoms with Gasteiger partial charge in [0.05, 0.1) is 13.5 Å². The van der Waals surface area contributed by atoms with Crippen molar-refractivity contribution in [1.82, 2.24) is 5.32 Å². The van der Waals surface area contributed by atoms with E-state index in [1.165, 1.54) is 26.2 Å². The molecule has 0 fully saturated rings. The van der Waals surface area contributed by atoms with E-state index in [9.17, 15) is 14.0 Å². The molecule has 0 saturated carbocycles. The summed E-state index contributed by atoms with van der Waals surface area (Å²) in [4.78, 5) is 23.6. The number of esters is 1. The van der Waals surface area contributed by atoms with Crippen molar-refractivity contribution in [3.05, 3.63) is 29.6 Å². The van der Waals surface area contributed by atoms with Gasteiger partial charge in [-0.2, -0.15) is 0 Å². The molecule has 22 heavy (non-hydrogen) atoms. The average Bonchev–Trinajstić information content (AvgIpc) is 2.36. The summed E-state index contributed by atoms with van der Waals surface area (Å²) in [7, 11) is 1.36. The molecular formula is C16H22FNO4. The van der Waals surface area contributed by atoms with E-state index in [2.05, 4.69) is 5.32 Å². The van der Waals surface area contributed by atoms with Crippen molar-refractivity contribution in [3.8, 4) is 5.75 Å². The Morgan fingerprint density at radius 3 is 2.45 bits per heavy atom. The summed E-state index contributed by atoms with van der Waals surface area (Å²) in [5.41, 5.74) is 0.0448. The third-order valence-corrected chi connectivity index (χ3v) is 2.74. The highest BCUT2D eigenvalue weighted by molar-refractivity contribution is 5.84. The molecule has 1 amide bonds. The van der Waals surface area contributed by atoms with Gasteiger partial charge in [-0.1, -0.05) is 6.07 Å². The van der Waals surface area contributed by atoms with Crippen molar-refractivity contribution in [2.24, 2.45) is 0 Å². The van der Waals surface area contributed by atoms with Crippen LogP contribution >= 0.6 is 0 Å². The molecule has 0 unspecified atom stereocenters. The van der Waals surface area contributed by atoms with Crippen molar-refractivity contribution < 1.29 is 23.5 Å². The number of carbonyl (C=O) groups excluding carboxylic acids is 2. The molecule has 1 rings (SSSR count). The predicted octanol–water partition coefficient (Wildman–Crippen LogP) is 2.22. The van der Waals surface area contributed by atoms with Crippen LogP contribution in [0.1, 0.15) is 33.3 Å². The van der Waals surface area contributed by atoms with E-state index in [1.807, 2.05) is 20.8 Å². The summed E-state index contributed by atoms with van der Waals surface area (Å²) in [6, 6.07) is 4.22. The molecule has 0 bridgehead atoms. The van der Waals surface area contributed by atoms with Crippen LogP contribution in [0.5, 0.6) is 5.75 Å². The monoisotopic (exact) mass is 311 g/mol. The maximum atomic E-state index is 13.5. The molecule has 0 spiro atoms. The van der Waals surface area contributed by atoms with Crippen LogP contribution in [-0.2, 0) is 20.7 Å². The van der Waals surface area contributed by atoms with Crippen LogP contribution in [0.2, 0.25) is 0 Å².